The minimum atomic E-state index is 0.235. The number of phenols is 1. The maximum atomic E-state index is 9.28. The Labute approximate surface area is 149 Å². The second-order valence-electron chi connectivity index (χ2n) is 5.09. The molecule has 0 unspecified atom stereocenters. The molecule has 0 bridgehead atoms. The van der Waals surface area contributed by atoms with Crippen molar-refractivity contribution in [1.82, 2.24) is 4.57 Å². The third-order valence-corrected chi connectivity index (χ3v) is 4.60. The molecule has 2 aromatic carbocycles. The molecule has 0 aliphatic heterocycles. The van der Waals surface area contributed by atoms with E-state index >= 15 is 0 Å². The van der Waals surface area contributed by atoms with Crippen molar-refractivity contribution in [1.29, 1.82) is 0 Å². The van der Waals surface area contributed by atoms with Crippen LogP contribution in [0.25, 0.3) is 11.3 Å². The quantitative estimate of drug-likeness (QED) is 0.541. The van der Waals surface area contributed by atoms with Crippen molar-refractivity contribution in [3.05, 3.63) is 69.3 Å². The molecule has 0 amide bonds. The zero-order valence-electron chi connectivity index (χ0n) is 13.1. The number of phenolic OH excluding ortho intramolecular Hbond substituents is 1. The van der Waals surface area contributed by atoms with Crippen molar-refractivity contribution in [2.24, 2.45) is 10.2 Å². The largest absolute Gasteiger partial charge is 0.508 e. The molecule has 1 N–H and O–H groups in total. The number of rotatable bonds is 4. The van der Waals surface area contributed by atoms with E-state index in [2.05, 4.69) is 27.1 Å². The third kappa shape index (κ3) is 3.75. The van der Waals surface area contributed by atoms with Gasteiger partial charge in [-0.15, -0.1) is 16.4 Å². The van der Waals surface area contributed by atoms with Crippen molar-refractivity contribution in [3.8, 4) is 17.0 Å². The van der Waals surface area contributed by atoms with E-state index < -0.39 is 0 Å². The number of hydrogen-bond donors (Lipinski definition) is 1. The van der Waals surface area contributed by atoms with Gasteiger partial charge in [-0.25, -0.2) is 0 Å². The Bertz CT molecular complexity index is 909. The second-order valence-corrected chi connectivity index (χ2v) is 6.36. The maximum absolute atomic E-state index is 9.28. The van der Waals surface area contributed by atoms with Crippen molar-refractivity contribution >= 4 is 29.2 Å². The Kier molecular flexibility index (Phi) is 5.13. The minimum Gasteiger partial charge on any atom is -0.508 e. The van der Waals surface area contributed by atoms with E-state index in [1.54, 1.807) is 41.8 Å². The SMILES string of the molecule is CCn1c(-c2ccc(Cl)cc2)cs/c1=N\N=C\c1ccc(O)cc1. The predicted octanol–water partition coefficient (Wildman–Crippen LogP) is 4.53. The van der Waals surface area contributed by atoms with Crippen LogP contribution in [0.2, 0.25) is 5.02 Å². The summed E-state index contributed by atoms with van der Waals surface area (Å²) in [4.78, 5) is 0.831. The molecule has 0 aliphatic rings. The van der Waals surface area contributed by atoms with Crippen LogP contribution in [0.1, 0.15) is 12.5 Å². The van der Waals surface area contributed by atoms with Crippen molar-refractivity contribution in [2.45, 2.75) is 13.5 Å². The monoisotopic (exact) mass is 357 g/mol. The third-order valence-electron chi connectivity index (χ3n) is 3.50. The summed E-state index contributed by atoms with van der Waals surface area (Å²) in [6.45, 7) is 2.88. The molecular formula is C18H16ClN3OS. The van der Waals surface area contributed by atoms with Gasteiger partial charge in [0.1, 0.15) is 5.75 Å². The molecule has 0 saturated heterocycles. The van der Waals surface area contributed by atoms with Crippen LogP contribution in [0.3, 0.4) is 0 Å². The summed E-state index contributed by atoms with van der Waals surface area (Å²) in [5.41, 5.74) is 3.08. The fourth-order valence-corrected chi connectivity index (χ4v) is 3.33. The van der Waals surface area contributed by atoms with Gasteiger partial charge in [-0.1, -0.05) is 23.7 Å². The van der Waals surface area contributed by atoms with Crippen LogP contribution in [0.15, 0.2) is 64.1 Å². The second kappa shape index (κ2) is 7.47. The van der Waals surface area contributed by atoms with Gasteiger partial charge < -0.3 is 9.67 Å². The molecule has 1 aromatic heterocycles. The van der Waals surface area contributed by atoms with Crippen LogP contribution in [-0.2, 0) is 6.54 Å². The first-order valence-electron chi connectivity index (χ1n) is 7.47. The molecule has 0 radical (unpaired) electrons. The average molecular weight is 358 g/mol. The van der Waals surface area contributed by atoms with E-state index in [-0.39, 0.29) is 5.75 Å². The summed E-state index contributed by atoms with van der Waals surface area (Å²) in [6, 6.07) is 14.6. The molecule has 3 aromatic rings. The Hall–Kier alpha value is -2.37. The Balaban J connectivity index is 1.91. The summed E-state index contributed by atoms with van der Waals surface area (Å²) in [6.07, 6.45) is 1.67. The van der Waals surface area contributed by atoms with Gasteiger partial charge in [0.05, 0.1) is 11.9 Å². The van der Waals surface area contributed by atoms with Gasteiger partial charge in [0.15, 0.2) is 0 Å². The number of thiazole rings is 1. The Morgan fingerprint density at radius 2 is 1.83 bits per heavy atom. The topological polar surface area (TPSA) is 49.9 Å². The molecule has 122 valence electrons. The summed E-state index contributed by atoms with van der Waals surface area (Å²) in [7, 11) is 0. The average Bonchev–Trinajstić information content (AvgIpc) is 3.00. The molecular weight excluding hydrogens is 342 g/mol. The van der Waals surface area contributed by atoms with Gasteiger partial charge in [0.2, 0.25) is 4.80 Å². The summed E-state index contributed by atoms with van der Waals surface area (Å²) in [5, 5.41) is 20.6. The summed E-state index contributed by atoms with van der Waals surface area (Å²) in [5.74, 6) is 0.235. The summed E-state index contributed by atoms with van der Waals surface area (Å²) >= 11 is 7.50. The smallest absolute Gasteiger partial charge is 0.211 e. The lowest BCUT2D eigenvalue weighted by Gasteiger charge is -2.05. The standard InChI is InChI=1S/C18H16ClN3OS/c1-2-22-17(14-5-7-15(19)8-6-14)12-24-18(22)21-20-11-13-3-9-16(23)10-4-13/h3-12,23H,2H2,1H3/b20-11+,21-18-. The van der Waals surface area contributed by atoms with Crippen LogP contribution < -0.4 is 4.80 Å². The molecule has 0 spiro atoms. The predicted molar refractivity (Wildman–Crippen MR) is 99.7 cm³/mol. The van der Waals surface area contributed by atoms with Crippen LogP contribution in [-0.4, -0.2) is 15.9 Å². The number of benzene rings is 2. The molecule has 0 fully saturated rings. The highest BCUT2D eigenvalue weighted by Gasteiger charge is 2.06. The van der Waals surface area contributed by atoms with Gasteiger partial charge >= 0.3 is 0 Å². The van der Waals surface area contributed by atoms with E-state index in [9.17, 15) is 5.11 Å². The lowest BCUT2D eigenvalue weighted by molar-refractivity contribution is 0.475. The Morgan fingerprint density at radius 1 is 1.12 bits per heavy atom. The van der Waals surface area contributed by atoms with Crippen molar-refractivity contribution < 1.29 is 5.11 Å². The van der Waals surface area contributed by atoms with Gasteiger partial charge in [0.25, 0.3) is 0 Å². The van der Waals surface area contributed by atoms with E-state index in [1.165, 1.54) is 0 Å². The molecule has 4 nitrogen and oxygen atoms in total. The molecule has 24 heavy (non-hydrogen) atoms. The Morgan fingerprint density at radius 3 is 2.50 bits per heavy atom. The normalized spacial score (nSPS) is 12.2. The van der Waals surface area contributed by atoms with Crippen LogP contribution in [0.5, 0.6) is 5.75 Å². The molecule has 0 saturated carbocycles. The summed E-state index contributed by atoms with van der Waals surface area (Å²) < 4.78 is 2.11. The molecule has 6 heteroatoms. The first-order valence-corrected chi connectivity index (χ1v) is 8.73. The van der Waals surface area contributed by atoms with Gasteiger partial charge in [-0.3, -0.25) is 0 Å². The minimum absolute atomic E-state index is 0.235. The maximum Gasteiger partial charge on any atom is 0.211 e. The number of aromatic nitrogens is 1. The lowest BCUT2D eigenvalue weighted by atomic mass is 10.2. The zero-order valence-corrected chi connectivity index (χ0v) is 14.6. The van der Waals surface area contributed by atoms with E-state index in [0.717, 1.165) is 33.2 Å². The fourth-order valence-electron chi connectivity index (χ4n) is 2.27. The highest BCUT2D eigenvalue weighted by molar-refractivity contribution is 7.07. The number of halogens is 1. The van der Waals surface area contributed by atoms with Gasteiger partial charge in [-0.2, -0.15) is 5.10 Å². The van der Waals surface area contributed by atoms with Gasteiger partial charge in [-0.05, 0) is 54.4 Å². The van der Waals surface area contributed by atoms with E-state index in [1.807, 2.05) is 24.3 Å². The number of aromatic hydroxyl groups is 1. The first-order chi connectivity index (χ1) is 11.7. The molecule has 0 aliphatic carbocycles. The van der Waals surface area contributed by atoms with E-state index in [0.29, 0.717) is 0 Å². The number of nitrogens with zero attached hydrogens (tertiary/aromatic N) is 3. The highest BCUT2D eigenvalue weighted by atomic mass is 35.5. The van der Waals surface area contributed by atoms with Gasteiger partial charge in [0, 0.05) is 16.9 Å². The van der Waals surface area contributed by atoms with Crippen LogP contribution in [0.4, 0.5) is 0 Å². The zero-order chi connectivity index (χ0) is 16.9. The van der Waals surface area contributed by atoms with Crippen molar-refractivity contribution in [3.63, 3.8) is 0 Å². The fraction of sp³-hybridized carbons (Fsp3) is 0.111. The first kappa shape index (κ1) is 16.5. The number of hydrogen-bond acceptors (Lipinski definition) is 4. The van der Waals surface area contributed by atoms with Crippen LogP contribution >= 0.6 is 22.9 Å². The molecule has 0 atom stereocenters. The van der Waals surface area contributed by atoms with Crippen LogP contribution in [0, 0.1) is 0 Å². The van der Waals surface area contributed by atoms with E-state index in [4.69, 9.17) is 11.6 Å². The molecule has 3 rings (SSSR count). The molecule has 1 heterocycles. The van der Waals surface area contributed by atoms with Crippen molar-refractivity contribution in [2.75, 3.05) is 0 Å². The lowest BCUT2D eigenvalue weighted by Crippen LogP contribution is -2.14. The highest BCUT2D eigenvalue weighted by Crippen LogP contribution is 2.22.